The van der Waals surface area contributed by atoms with Crippen molar-refractivity contribution in [2.24, 2.45) is 0 Å². The predicted molar refractivity (Wildman–Crippen MR) is 113 cm³/mol. The van der Waals surface area contributed by atoms with Crippen LogP contribution in [-0.2, 0) is 0 Å². The van der Waals surface area contributed by atoms with Crippen molar-refractivity contribution in [3.8, 4) is 22.7 Å². The van der Waals surface area contributed by atoms with Crippen molar-refractivity contribution in [1.29, 1.82) is 0 Å². The minimum absolute atomic E-state index is 0.294. The molecule has 2 heterocycles. The van der Waals surface area contributed by atoms with Gasteiger partial charge in [0.2, 0.25) is 5.13 Å². The number of ether oxygens (including phenoxy) is 1. The zero-order valence-corrected chi connectivity index (χ0v) is 17.0. The van der Waals surface area contributed by atoms with Crippen molar-refractivity contribution >= 4 is 22.4 Å². The highest BCUT2D eigenvalue weighted by atomic mass is 32.1. The molecule has 0 aliphatic carbocycles. The normalized spacial score (nSPS) is 10.7. The van der Waals surface area contributed by atoms with E-state index in [0.29, 0.717) is 22.1 Å². The van der Waals surface area contributed by atoms with Gasteiger partial charge in [-0.15, -0.1) is 10.2 Å². The number of methoxy groups -OCH3 is 1. The Kier molecular flexibility index (Phi) is 5.09. The Hall–Kier alpha value is -3.52. The summed E-state index contributed by atoms with van der Waals surface area (Å²) in [6.07, 6.45) is 1.72. The van der Waals surface area contributed by atoms with Crippen LogP contribution in [0.25, 0.3) is 16.9 Å². The van der Waals surface area contributed by atoms with Gasteiger partial charge in [-0.1, -0.05) is 41.2 Å². The highest BCUT2D eigenvalue weighted by molar-refractivity contribution is 7.15. The molecule has 0 spiro atoms. The van der Waals surface area contributed by atoms with Gasteiger partial charge in [-0.05, 0) is 38.1 Å². The van der Waals surface area contributed by atoms with Crippen LogP contribution in [0, 0.1) is 13.8 Å². The zero-order valence-electron chi connectivity index (χ0n) is 16.2. The third-order valence-electron chi connectivity index (χ3n) is 4.35. The average Bonchev–Trinajstić information content (AvgIpc) is 3.35. The number of aromatic nitrogens is 4. The summed E-state index contributed by atoms with van der Waals surface area (Å²) in [7, 11) is 1.61. The van der Waals surface area contributed by atoms with Crippen LogP contribution in [0.2, 0.25) is 0 Å². The lowest BCUT2D eigenvalue weighted by molar-refractivity contribution is 0.102. The van der Waals surface area contributed by atoms with Gasteiger partial charge < -0.3 is 4.74 Å². The zero-order chi connectivity index (χ0) is 20.4. The third kappa shape index (κ3) is 4.02. The van der Waals surface area contributed by atoms with Crippen molar-refractivity contribution in [2.45, 2.75) is 13.8 Å². The van der Waals surface area contributed by atoms with E-state index in [-0.39, 0.29) is 5.91 Å². The van der Waals surface area contributed by atoms with Crippen LogP contribution in [0.5, 0.6) is 5.75 Å². The number of nitrogens with one attached hydrogen (secondary N) is 1. The summed E-state index contributed by atoms with van der Waals surface area (Å²) in [6.45, 7) is 3.86. The molecular formula is C21H19N5O2S. The lowest BCUT2D eigenvalue weighted by Gasteiger charge is -2.05. The van der Waals surface area contributed by atoms with Gasteiger partial charge in [-0.3, -0.25) is 10.1 Å². The van der Waals surface area contributed by atoms with Crippen LogP contribution in [0.1, 0.15) is 20.9 Å². The smallest absolute Gasteiger partial charge is 0.261 e. The van der Waals surface area contributed by atoms with Gasteiger partial charge in [-0.2, -0.15) is 5.10 Å². The molecule has 29 heavy (non-hydrogen) atoms. The van der Waals surface area contributed by atoms with Gasteiger partial charge in [0.05, 0.1) is 18.4 Å². The molecule has 0 bridgehead atoms. The number of nitrogens with zero attached hydrogens (tertiary/aromatic N) is 4. The van der Waals surface area contributed by atoms with Crippen molar-refractivity contribution < 1.29 is 9.53 Å². The molecule has 4 rings (SSSR count). The van der Waals surface area contributed by atoms with E-state index in [2.05, 4.69) is 15.5 Å². The van der Waals surface area contributed by atoms with Crippen LogP contribution in [0.15, 0.2) is 54.7 Å². The van der Waals surface area contributed by atoms with E-state index in [4.69, 9.17) is 9.84 Å². The fourth-order valence-electron chi connectivity index (χ4n) is 2.86. The Balaban J connectivity index is 1.78. The summed E-state index contributed by atoms with van der Waals surface area (Å²) in [6, 6.07) is 15.4. The van der Waals surface area contributed by atoms with Gasteiger partial charge in [0.15, 0.2) is 0 Å². The van der Waals surface area contributed by atoms with Crippen LogP contribution >= 0.6 is 11.3 Å². The Labute approximate surface area is 172 Å². The second-order valence-electron chi connectivity index (χ2n) is 6.48. The van der Waals surface area contributed by atoms with Gasteiger partial charge in [0.25, 0.3) is 5.91 Å². The fraction of sp³-hybridized carbons (Fsp3) is 0.143. The second kappa shape index (κ2) is 7.84. The van der Waals surface area contributed by atoms with Crippen molar-refractivity contribution in [3.63, 3.8) is 0 Å². The van der Waals surface area contributed by atoms with Crippen LogP contribution < -0.4 is 10.1 Å². The third-order valence-corrected chi connectivity index (χ3v) is 5.10. The molecule has 0 fully saturated rings. The molecule has 4 aromatic rings. The molecular weight excluding hydrogens is 386 g/mol. The molecule has 2 aromatic carbocycles. The number of anilines is 1. The van der Waals surface area contributed by atoms with E-state index < -0.39 is 0 Å². The molecule has 2 aromatic heterocycles. The summed E-state index contributed by atoms with van der Waals surface area (Å²) in [5.74, 6) is 0.399. The summed E-state index contributed by atoms with van der Waals surface area (Å²) >= 11 is 1.32. The van der Waals surface area contributed by atoms with E-state index in [0.717, 1.165) is 21.8 Å². The highest BCUT2D eigenvalue weighted by Gasteiger charge is 2.20. The molecule has 146 valence electrons. The van der Waals surface area contributed by atoms with E-state index >= 15 is 0 Å². The molecule has 0 unspecified atom stereocenters. The maximum atomic E-state index is 13.0. The maximum absolute atomic E-state index is 13.0. The predicted octanol–water partition coefficient (Wildman–Crippen LogP) is 4.27. The standard InChI is InChI=1S/C21H19N5O2S/c1-13-7-9-16(10-8-13)26-12-18(20(27)22-21-24-23-14(2)29-21)19(25-26)15-5-4-6-17(11-15)28-3/h4-12H,1-3H3,(H,22,24,27). The van der Waals surface area contributed by atoms with Crippen LogP contribution in [0.3, 0.4) is 0 Å². The van der Waals surface area contributed by atoms with Gasteiger partial charge >= 0.3 is 0 Å². The monoisotopic (exact) mass is 405 g/mol. The quantitative estimate of drug-likeness (QED) is 0.536. The van der Waals surface area contributed by atoms with Crippen molar-refractivity contribution in [3.05, 3.63) is 70.9 Å². The van der Waals surface area contributed by atoms with Crippen LogP contribution in [-0.4, -0.2) is 33.0 Å². The number of aryl methyl sites for hydroxylation is 2. The van der Waals surface area contributed by atoms with Gasteiger partial charge in [0, 0.05) is 11.8 Å². The number of hydrogen-bond donors (Lipinski definition) is 1. The highest BCUT2D eigenvalue weighted by Crippen LogP contribution is 2.28. The number of carbonyl (C=O) groups excluding carboxylic acids is 1. The number of benzene rings is 2. The molecule has 0 saturated heterocycles. The number of carbonyl (C=O) groups is 1. The molecule has 7 nitrogen and oxygen atoms in total. The first kappa shape index (κ1) is 18.8. The number of rotatable bonds is 5. The Morgan fingerprint density at radius 1 is 1.10 bits per heavy atom. The topological polar surface area (TPSA) is 81.9 Å². The Bertz CT molecular complexity index is 1160. The first-order valence-electron chi connectivity index (χ1n) is 8.96. The van der Waals surface area contributed by atoms with E-state index in [1.165, 1.54) is 11.3 Å². The summed E-state index contributed by atoms with van der Waals surface area (Å²) in [5.41, 5.74) is 3.80. The first-order chi connectivity index (χ1) is 14.0. The average molecular weight is 405 g/mol. The summed E-state index contributed by atoms with van der Waals surface area (Å²) < 4.78 is 7.03. The summed E-state index contributed by atoms with van der Waals surface area (Å²) in [5, 5.41) is 16.7. The largest absolute Gasteiger partial charge is 0.497 e. The molecule has 1 N–H and O–H groups in total. The minimum Gasteiger partial charge on any atom is -0.497 e. The Morgan fingerprint density at radius 3 is 2.59 bits per heavy atom. The number of hydrogen-bond acceptors (Lipinski definition) is 6. The summed E-state index contributed by atoms with van der Waals surface area (Å²) in [4.78, 5) is 13.0. The Morgan fingerprint density at radius 2 is 1.90 bits per heavy atom. The molecule has 0 saturated carbocycles. The molecule has 1 amide bonds. The molecule has 0 aliphatic heterocycles. The first-order valence-corrected chi connectivity index (χ1v) is 9.78. The number of amides is 1. The van der Waals surface area contributed by atoms with Gasteiger partial charge in [0.1, 0.15) is 16.5 Å². The molecule has 0 aliphatic rings. The SMILES string of the molecule is COc1cccc(-c2nn(-c3ccc(C)cc3)cc2C(=O)Nc2nnc(C)s2)c1. The van der Waals surface area contributed by atoms with Gasteiger partial charge in [-0.25, -0.2) is 4.68 Å². The molecule has 8 heteroatoms. The minimum atomic E-state index is -0.294. The van der Waals surface area contributed by atoms with E-state index in [1.54, 1.807) is 18.0 Å². The van der Waals surface area contributed by atoms with Crippen molar-refractivity contribution in [2.75, 3.05) is 12.4 Å². The van der Waals surface area contributed by atoms with Crippen molar-refractivity contribution in [1.82, 2.24) is 20.0 Å². The van der Waals surface area contributed by atoms with E-state index in [1.807, 2.05) is 62.4 Å². The lowest BCUT2D eigenvalue weighted by atomic mass is 10.1. The van der Waals surface area contributed by atoms with E-state index in [9.17, 15) is 4.79 Å². The second-order valence-corrected chi connectivity index (χ2v) is 7.67. The lowest BCUT2D eigenvalue weighted by Crippen LogP contribution is -2.12. The maximum Gasteiger partial charge on any atom is 0.261 e. The molecule has 0 radical (unpaired) electrons. The molecule has 0 atom stereocenters. The van der Waals surface area contributed by atoms with Crippen LogP contribution in [0.4, 0.5) is 5.13 Å². The fourth-order valence-corrected chi connectivity index (χ4v) is 3.45.